The number of carbonyl (C=O) groups is 1. The zero-order valence-electron chi connectivity index (χ0n) is 9.65. The molecule has 2 heterocycles. The summed E-state index contributed by atoms with van der Waals surface area (Å²) < 4.78 is 0. The molecule has 0 saturated carbocycles. The van der Waals surface area contributed by atoms with Crippen molar-refractivity contribution in [3.8, 4) is 0 Å². The largest absolute Gasteiger partial charge is 0.397 e. The van der Waals surface area contributed by atoms with E-state index in [0.717, 1.165) is 5.01 Å². The molecule has 1 amide bonds. The molecule has 0 fully saturated rings. The standard InChI is InChI=1S/C11H14N4OS/c1-11(2,10-13-3-4-17-10)15-9(16)8-5-7(12)6-14-8/h3-6,14H,12H2,1-2H3,(H,15,16). The minimum absolute atomic E-state index is 0.193. The zero-order valence-corrected chi connectivity index (χ0v) is 10.5. The maximum Gasteiger partial charge on any atom is 0.268 e. The predicted octanol–water partition coefficient (Wildman–Crippen LogP) is 1.72. The Kier molecular flexibility index (Phi) is 2.89. The summed E-state index contributed by atoms with van der Waals surface area (Å²) in [6.45, 7) is 3.83. The smallest absolute Gasteiger partial charge is 0.268 e. The molecule has 0 aromatic carbocycles. The number of H-pyrrole nitrogens is 1. The summed E-state index contributed by atoms with van der Waals surface area (Å²) in [4.78, 5) is 19.0. The average Bonchev–Trinajstić information content (AvgIpc) is 2.86. The van der Waals surface area contributed by atoms with Gasteiger partial charge in [0.05, 0.1) is 5.54 Å². The Morgan fingerprint density at radius 2 is 2.35 bits per heavy atom. The van der Waals surface area contributed by atoms with Crippen molar-refractivity contribution in [3.63, 3.8) is 0 Å². The number of amides is 1. The van der Waals surface area contributed by atoms with Gasteiger partial charge in [0.1, 0.15) is 10.7 Å². The molecular weight excluding hydrogens is 236 g/mol. The Balaban J connectivity index is 2.13. The minimum atomic E-state index is -0.495. The van der Waals surface area contributed by atoms with Gasteiger partial charge in [-0.1, -0.05) is 0 Å². The van der Waals surface area contributed by atoms with E-state index in [1.165, 1.54) is 11.3 Å². The van der Waals surface area contributed by atoms with E-state index >= 15 is 0 Å². The van der Waals surface area contributed by atoms with E-state index in [1.807, 2.05) is 19.2 Å². The predicted molar refractivity (Wildman–Crippen MR) is 67.8 cm³/mol. The van der Waals surface area contributed by atoms with Gasteiger partial charge in [0.2, 0.25) is 0 Å². The molecule has 90 valence electrons. The molecule has 0 aliphatic rings. The fourth-order valence-corrected chi connectivity index (χ4v) is 2.20. The summed E-state index contributed by atoms with van der Waals surface area (Å²) >= 11 is 1.51. The topological polar surface area (TPSA) is 83.8 Å². The maximum atomic E-state index is 11.9. The highest BCUT2D eigenvalue weighted by Crippen LogP contribution is 2.22. The molecule has 0 unspecified atom stereocenters. The number of aromatic nitrogens is 2. The molecule has 5 nitrogen and oxygen atoms in total. The third-order valence-electron chi connectivity index (χ3n) is 2.34. The first-order chi connectivity index (χ1) is 7.99. The van der Waals surface area contributed by atoms with Gasteiger partial charge in [0.25, 0.3) is 5.91 Å². The highest BCUT2D eigenvalue weighted by molar-refractivity contribution is 7.09. The van der Waals surface area contributed by atoms with Gasteiger partial charge in [0, 0.05) is 23.5 Å². The van der Waals surface area contributed by atoms with Crippen LogP contribution < -0.4 is 11.1 Å². The van der Waals surface area contributed by atoms with Crippen LogP contribution >= 0.6 is 11.3 Å². The summed E-state index contributed by atoms with van der Waals surface area (Å²) in [6, 6.07) is 1.60. The van der Waals surface area contributed by atoms with Gasteiger partial charge >= 0.3 is 0 Å². The number of nitrogens with zero attached hydrogens (tertiary/aromatic N) is 1. The highest BCUT2D eigenvalue weighted by atomic mass is 32.1. The van der Waals surface area contributed by atoms with Crippen LogP contribution in [0.3, 0.4) is 0 Å². The number of rotatable bonds is 3. The van der Waals surface area contributed by atoms with Crippen molar-refractivity contribution in [1.29, 1.82) is 0 Å². The molecule has 2 rings (SSSR count). The van der Waals surface area contributed by atoms with Crippen LogP contribution in [0.15, 0.2) is 23.8 Å². The number of thiazole rings is 1. The van der Waals surface area contributed by atoms with E-state index in [0.29, 0.717) is 11.4 Å². The summed E-state index contributed by atoms with van der Waals surface area (Å²) in [7, 11) is 0. The van der Waals surface area contributed by atoms with Crippen molar-refractivity contribution in [1.82, 2.24) is 15.3 Å². The van der Waals surface area contributed by atoms with E-state index < -0.39 is 5.54 Å². The van der Waals surface area contributed by atoms with E-state index in [1.54, 1.807) is 18.5 Å². The second-order valence-electron chi connectivity index (χ2n) is 4.26. The van der Waals surface area contributed by atoms with Crippen molar-refractivity contribution < 1.29 is 4.79 Å². The quantitative estimate of drug-likeness (QED) is 0.775. The molecule has 6 heteroatoms. The van der Waals surface area contributed by atoms with Crippen molar-refractivity contribution in [3.05, 3.63) is 34.5 Å². The maximum absolute atomic E-state index is 11.9. The van der Waals surface area contributed by atoms with Gasteiger partial charge in [-0.15, -0.1) is 11.3 Å². The van der Waals surface area contributed by atoms with E-state index in [2.05, 4.69) is 15.3 Å². The summed E-state index contributed by atoms with van der Waals surface area (Å²) in [5, 5.41) is 5.66. The van der Waals surface area contributed by atoms with Gasteiger partial charge in [-0.25, -0.2) is 4.98 Å². The lowest BCUT2D eigenvalue weighted by Gasteiger charge is -2.23. The molecule has 4 N–H and O–H groups in total. The minimum Gasteiger partial charge on any atom is -0.397 e. The Bertz CT molecular complexity index is 515. The Morgan fingerprint density at radius 3 is 2.88 bits per heavy atom. The van der Waals surface area contributed by atoms with Crippen LogP contribution in [-0.4, -0.2) is 15.9 Å². The Hall–Kier alpha value is -1.82. The van der Waals surface area contributed by atoms with Crippen LogP contribution in [0, 0.1) is 0 Å². The van der Waals surface area contributed by atoms with Crippen LogP contribution in [0.25, 0.3) is 0 Å². The third kappa shape index (κ3) is 2.47. The van der Waals surface area contributed by atoms with Crippen molar-refractivity contribution in [2.24, 2.45) is 0 Å². The first-order valence-corrected chi connectivity index (χ1v) is 6.03. The molecule has 2 aromatic heterocycles. The second kappa shape index (κ2) is 4.21. The fraction of sp³-hybridized carbons (Fsp3) is 0.273. The zero-order chi connectivity index (χ0) is 12.5. The van der Waals surface area contributed by atoms with Crippen LogP contribution in [0.4, 0.5) is 5.69 Å². The first kappa shape index (κ1) is 11.7. The molecule has 0 atom stereocenters. The lowest BCUT2D eigenvalue weighted by molar-refractivity contribution is 0.0907. The molecule has 2 aromatic rings. The Labute approximate surface area is 103 Å². The SMILES string of the molecule is CC(C)(NC(=O)c1cc(N)c[nH]1)c1nccs1. The number of carbonyl (C=O) groups excluding carboxylic acids is 1. The van der Waals surface area contributed by atoms with Crippen molar-refractivity contribution in [2.45, 2.75) is 19.4 Å². The van der Waals surface area contributed by atoms with E-state index in [9.17, 15) is 4.79 Å². The molecule has 17 heavy (non-hydrogen) atoms. The number of hydrogen-bond donors (Lipinski definition) is 3. The van der Waals surface area contributed by atoms with Crippen molar-refractivity contribution >= 4 is 22.9 Å². The average molecular weight is 250 g/mol. The number of aromatic amines is 1. The number of nitrogen functional groups attached to an aromatic ring is 1. The van der Waals surface area contributed by atoms with E-state index in [4.69, 9.17) is 5.73 Å². The number of anilines is 1. The second-order valence-corrected chi connectivity index (χ2v) is 5.16. The van der Waals surface area contributed by atoms with Gasteiger partial charge in [-0.05, 0) is 19.9 Å². The van der Waals surface area contributed by atoms with Crippen molar-refractivity contribution in [2.75, 3.05) is 5.73 Å². The molecule has 0 aliphatic heterocycles. The first-order valence-electron chi connectivity index (χ1n) is 5.15. The Morgan fingerprint density at radius 1 is 1.59 bits per heavy atom. The van der Waals surface area contributed by atoms with Crippen LogP contribution in [0.5, 0.6) is 0 Å². The monoisotopic (exact) mass is 250 g/mol. The van der Waals surface area contributed by atoms with E-state index in [-0.39, 0.29) is 5.91 Å². The molecule has 0 aliphatic carbocycles. The normalized spacial score (nSPS) is 11.4. The highest BCUT2D eigenvalue weighted by Gasteiger charge is 2.26. The van der Waals surface area contributed by atoms with Crippen LogP contribution in [-0.2, 0) is 5.54 Å². The third-order valence-corrected chi connectivity index (χ3v) is 3.44. The fourth-order valence-electron chi connectivity index (χ4n) is 1.48. The lowest BCUT2D eigenvalue weighted by Crippen LogP contribution is -2.41. The van der Waals surface area contributed by atoms with Crippen LogP contribution in [0.2, 0.25) is 0 Å². The van der Waals surface area contributed by atoms with Gasteiger partial charge in [-0.2, -0.15) is 0 Å². The number of hydrogen-bond acceptors (Lipinski definition) is 4. The van der Waals surface area contributed by atoms with Gasteiger partial charge in [-0.3, -0.25) is 4.79 Å². The molecular formula is C11H14N4OS. The summed E-state index contributed by atoms with van der Waals surface area (Å²) in [6.07, 6.45) is 3.31. The van der Waals surface area contributed by atoms with Crippen LogP contribution in [0.1, 0.15) is 29.3 Å². The summed E-state index contributed by atoms with van der Waals surface area (Å²) in [5.74, 6) is -0.193. The number of nitrogens with two attached hydrogens (primary N) is 1. The molecule has 0 radical (unpaired) electrons. The lowest BCUT2D eigenvalue weighted by atomic mass is 10.1. The van der Waals surface area contributed by atoms with Gasteiger partial charge < -0.3 is 16.0 Å². The summed E-state index contributed by atoms with van der Waals surface area (Å²) in [5.41, 5.74) is 6.05. The molecule has 0 saturated heterocycles. The van der Waals surface area contributed by atoms with Gasteiger partial charge in [0.15, 0.2) is 0 Å². The molecule has 0 bridgehead atoms. The molecule has 0 spiro atoms. The number of nitrogens with one attached hydrogen (secondary N) is 2.